The quantitative estimate of drug-likeness (QED) is 0.460. The summed E-state index contributed by atoms with van der Waals surface area (Å²) >= 11 is 1.55. The van der Waals surface area contributed by atoms with Crippen molar-refractivity contribution in [2.24, 2.45) is 14.1 Å². The fraction of sp³-hybridized carbons (Fsp3) is 0.150. The summed E-state index contributed by atoms with van der Waals surface area (Å²) in [4.78, 5) is 46.9. The van der Waals surface area contributed by atoms with E-state index in [1.807, 2.05) is 40.4 Å². The number of amides is 1. The van der Waals surface area contributed by atoms with Crippen molar-refractivity contribution in [1.29, 1.82) is 0 Å². The minimum Gasteiger partial charge on any atom is -0.325 e. The maximum Gasteiger partial charge on any atom is 0.332 e. The van der Waals surface area contributed by atoms with Crippen LogP contribution < -0.4 is 16.6 Å². The summed E-state index contributed by atoms with van der Waals surface area (Å²) < 4.78 is 5.67. The first-order chi connectivity index (χ1) is 14.9. The normalized spacial score (nSPS) is 11.4. The molecule has 0 unspecified atom stereocenters. The van der Waals surface area contributed by atoms with Gasteiger partial charge in [0.05, 0.1) is 12.0 Å². The molecular formula is C20H17N7O3S. The molecule has 0 aliphatic heterocycles. The molecule has 5 rings (SSSR count). The average Bonchev–Trinajstić information content (AvgIpc) is 3.46. The van der Waals surface area contributed by atoms with Gasteiger partial charge in [0.2, 0.25) is 5.91 Å². The number of fused-ring (bicyclic) bond motifs is 2. The number of nitrogens with one attached hydrogen (secondary N) is 1. The van der Waals surface area contributed by atoms with Crippen molar-refractivity contribution in [3.63, 3.8) is 0 Å². The maximum atomic E-state index is 12.7. The van der Waals surface area contributed by atoms with E-state index in [1.54, 1.807) is 17.4 Å². The summed E-state index contributed by atoms with van der Waals surface area (Å²) in [6, 6.07) is 7.40. The van der Waals surface area contributed by atoms with Crippen LogP contribution in [0.5, 0.6) is 0 Å². The molecule has 5 aromatic rings. The van der Waals surface area contributed by atoms with Crippen LogP contribution in [0.25, 0.3) is 27.4 Å². The fourth-order valence-electron chi connectivity index (χ4n) is 3.49. The van der Waals surface area contributed by atoms with Gasteiger partial charge < -0.3 is 9.88 Å². The molecule has 0 fully saturated rings. The van der Waals surface area contributed by atoms with E-state index in [0.717, 1.165) is 20.8 Å². The van der Waals surface area contributed by atoms with Gasteiger partial charge in [0.25, 0.3) is 5.56 Å². The predicted molar refractivity (Wildman–Crippen MR) is 117 cm³/mol. The second-order valence-corrected chi connectivity index (χ2v) is 7.97. The number of nitrogens with zero attached hydrogens (tertiary/aromatic N) is 6. The van der Waals surface area contributed by atoms with E-state index in [2.05, 4.69) is 15.3 Å². The van der Waals surface area contributed by atoms with Gasteiger partial charge in [0.1, 0.15) is 6.54 Å². The molecule has 156 valence electrons. The van der Waals surface area contributed by atoms with Gasteiger partial charge in [-0.2, -0.15) is 0 Å². The predicted octanol–water partition coefficient (Wildman–Crippen LogP) is 1.45. The van der Waals surface area contributed by atoms with Crippen molar-refractivity contribution >= 4 is 39.1 Å². The monoisotopic (exact) mass is 435 g/mol. The van der Waals surface area contributed by atoms with Crippen molar-refractivity contribution in [3.8, 4) is 11.3 Å². The third-order valence-corrected chi connectivity index (χ3v) is 5.84. The highest BCUT2D eigenvalue weighted by atomic mass is 32.1. The molecule has 11 heteroatoms. The number of anilines is 1. The Morgan fingerprint density at radius 2 is 2.03 bits per heavy atom. The number of thiazole rings is 1. The Labute approximate surface area is 178 Å². The molecule has 0 saturated heterocycles. The Balaban J connectivity index is 1.41. The van der Waals surface area contributed by atoms with Crippen molar-refractivity contribution in [3.05, 3.63) is 69.2 Å². The summed E-state index contributed by atoms with van der Waals surface area (Å²) in [7, 11) is 2.93. The number of carbonyl (C=O) groups excluding carboxylic acids is 1. The van der Waals surface area contributed by atoms with Crippen LogP contribution in [0.1, 0.15) is 0 Å². The molecule has 0 spiro atoms. The molecule has 1 amide bonds. The number of hydrogen-bond acceptors (Lipinski definition) is 6. The van der Waals surface area contributed by atoms with Gasteiger partial charge in [0.15, 0.2) is 16.1 Å². The zero-order valence-corrected chi connectivity index (χ0v) is 17.5. The van der Waals surface area contributed by atoms with Crippen LogP contribution in [0.15, 0.2) is 58.0 Å². The zero-order chi connectivity index (χ0) is 21.7. The summed E-state index contributed by atoms with van der Waals surface area (Å²) in [6.45, 7) is -0.117. The molecule has 4 aromatic heterocycles. The van der Waals surface area contributed by atoms with Crippen LogP contribution in [0.4, 0.5) is 5.69 Å². The number of benzene rings is 1. The van der Waals surface area contributed by atoms with Gasteiger partial charge in [-0.1, -0.05) is 12.1 Å². The van der Waals surface area contributed by atoms with Crippen LogP contribution in [0, 0.1) is 0 Å². The highest BCUT2D eigenvalue weighted by Crippen LogP contribution is 2.24. The number of imidazole rings is 2. The third-order valence-electron chi connectivity index (χ3n) is 5.07. The molecule has 1 N–H and O–H groups in total. The van der Waals surface area contributed by atoms with E-state index in [9.17, 15) is 14.4 Å². The zero-order valence-electron chi connectivity index (χ0n) is 16.6. The largest absolute Gasteiger partial charge is 0.332 e. The average molecular weight is 435 g/mol. The molecule has 0 aliphatic carbocycles. The highest BCUT2D eigenvalue weighted by molar-refractivity contribution is 7.15. The molecule has 0 aliphatic rings. The third kappa shape index (κ3) is 3.15. The number of hydrogen-bond donors (Lipinski definition) is 1. The van der Waals surface area contributed by atoms with E-state index in [-0.39, 0.29) is 23.6 Å². The number of aryl methyl sites for hydroxylation is 1. The second-order valence-electron chi connectivity index (χ2n) is 7.10. The van der Waals surface area contributed by atoms with Crippen molar-refractivity contribution in [2.75, 3.05) is 5.32 Å². The van der Waals surface area contributed by atoms with Gasteiger partial charge >= 0.3 is 5.69 Å². The number of rotatable bonds is 4. The molecule has 0 radical (unpaired) electrons. The smallest absolute Gasteiger partial charge is 0.325 e. The van der Waals surface area contributed by atoms with Crippen LogP contribution in [0.2, 0.25) is 0 Å². The molecule has 4 heterocycles. The van der Waals surface area contributed by atoms with E-state index in [1.165, 1.54) is 29.6 Å². The van der Waals surface area contributed by atoms with Gasteiger partial charge in [0, 0.05) is 43.1 Å². The summed E-state index contributed by atoms with van der Waals surface area (Å²) in [6.07, 6.45) is 5.27. The van der Waals surface area contributed by atoms with Gasteiger partial charge in [-0.3, -0.25) is 23.1 Å². The van der Waals surface area contributed by atoms with Crippen LogP contribution >= 0.6 is 11.3 Å². The first-order valence-corrected chi connectivity index (χ1v) is 10.2. The lowest BCUT2D eigenvalue weighted by Gasteiger charge is -2.09. The first-order valence-electron chi connectivity index (χ1n) is 9.36. The van der Waals surface area contributed by atoms with Crippen LogP contribution in [-0.2, 0) is 25.4 Å². The van der Waals surface area contributed by atoms with Crippen LogP contribution in [0.3, 0.4) is 0 Å². The van der Waals surface area contributed by atoms with E-state index < -0.39 is 11.2 Å². The topological polar surface area (TPSA) is 108 Å². The van der Waals surface area contributed by atoms with Gasteiger partial charge in [-0.15, -0.1) is 11.3 Å². The molecule has 0 atom stereocenters. The van der Waals surface area contributed by atoms with E-state index in [0.29, 0.717) is 5.69 Å². The molecular weight excluding hydrogens is 418 g/mol. The Kier molecular flexibility index (Phi) is 4.33. The van der Waals surface area contributed by atoms with E-state index in [4.69, 9.17) is 0 Å². The van der Waals surface area contributed by atoms with Crippen molar-refractivity contribution < 1.29 is 4.79 Å². The summed E-state index contributed by atoms with van der Waals surface area (Å²) in [5.74, 6) is -0.321. The SMILES string of the molecule is Cn1c(=O)c2c(ncn2CC(=O)Nc2cccc(-c3cn4ccsc4n3)c2)n(C)c1=O. The summed E-state index contributed by atoms with van der Waals surface area (Å²) in [5, 5.41) is 4.81. The van der Waals surface area contributed by atoms with Gasteiger partial charge in [-0.25, -0.2) is 14.8 Å². The molecule has 1 aromatic carbocycles. The minimum absolute atomic E-state index is 0.117. The molecule has 0 bridgehead atoms. The molecule has 31 heavy (non-hydrogen) atoms. The first kappa shape index (κ1) is 19.0. The Morgan fingerprint density at radius 3 is 2.84 bits per heavy atom. The Hall–Kier alpha value is -3.99. The molecule has 0 saturated carbocycles. The standard InChI is InChI=1S/C20H17N7O3S/c1-24-17-16(18(29)25(2)20(24)30)27(11-21-17)10-15(28)22-13-5-3-4-12(8-13)14-9-26-6-7-31-19(26)23-14/h3-9,11H,10H2,1-2H3,(H,22,28). The maximum absolute atomic E-state index is 12.7. The Bertz CT molecular complexity index is 1560. The van der Waals surface area contributed by atoms with E-state index >= 15 is 0 Å². The van der Waals surface area contributed by atoms with Crippen LogP contribution in [-0.4, -0.2) is 34.0 Å². The number of aromatic nitrogens is 6. The lowest BCUT2D eigenvalue weighted by atomic mass is 10.1. The summed E-state index contributed by atoms with van der Waals surface area (Å²) in [5.41, 5.74) is 1.78. The lowest BCUT2D eigenvalue weighted by Crippen LogP contribution is -2.37. The number of carbonyl (C=O) groups is 1. The Morgan fingerprint density at radius 1 is 1.19 bits per heavy atom. The van der Waals surface area contributed by atoms with Gasteiger partial charge in [-0.05, 0) is 12.1 Å². The minimum atomic E-state index is -0.495. The fourth-order valence-corrected chi connectivity index (χ4v) is 4.19. The second kappa shape index (κ2) is 7.06. The van der Waals surface area contributed by atoms with Crippen molar-refractivity contribution in [2.45, 2.75) is 6.54 Å². The molecule has 10 nitrogen and oxygen atoms in total. The van der Waals surface area contributed by atoms with Crippen molar-refractivity contribution in [1.82, 2.24) is 28.1 Å². The highest BCUT2D eigenvalue weighted by Gasteiger charge is 2.16. The lowest BCUT2D eigenvalue weighted by molar-refractivity contribution is -0.116.